The Morgan fingerprint density at radius 2 is 1.93 bits per heavy atom. The highest BCUT2D eigenvalue weighted by Gasteiger charge is 2.31. The molecular formula is C18H11ClF3NO6. The van der Waals surface area contributed by atoms with E-state index >= 15 is 0 Å². The fourth-order valence-corrected chi connectivity index (χ4v) is 2.56. The number of carbonyl (C=O) groups is 1. The van der Waals surface area contributed by atoms with Crippen LogP contribution in [0.4, 0.5) is 18.9 Å². The van der Waals surface area contributed by atoms with Gasteiger partial charge >= 0.3 is 12.1 Å². The van der Waals surface area contributed by atoms with E-state index in [4.69, 9.17) is 21.4 Å². The van der Waals surface area contributed by atoms with E-state index in [1.165, 1.54) is 0 Å². The minimum atomic E-state index is -4.62. The summed E-state index contributed by atoms with van der Waals surface area (Å²) in [5.74, 6) is 2.69. The summed E-state index contributed by atoms with van der Waals surface area (Å²) in [7, 11) is 0. The summed E-state index contributed by atoms with van der Waals surface area (Å²) in [5, 5.41) is 28.9. The largest absolute Gasteiger partial charge is 0.477 e. The van der Waals surface area contributed by atoms with Crippen molar-refractivity contribution in [3.8, 4) is 23.3 Å². The second-order valence-electron chi connectivity index (χ2n) is 5.47. The molecule has 11 heteroatoms. The van der Waals surface area contributed by atoms with Gasteiger partial charge in [0, 0.05) is 18.1 Å². The van der Waals surface area contributed by atoms with E-state index < -0.39 is 45.5 Å². The SMILES string of the molecule is O=C(O)c1cc(Oc2ccc(C(F)(F)F)cc2Cl)cc(CC#CCO)c1[N+](=O)[O-]. The summed E-state index contributed by atoms with van der Waals surface area (Å²) in [4.78, 5) is 21.9. The first-order valence-electron chi connectivity index (χ1n) is 7.70. The number of aliphatic hydroxyl groups excluding tert-OH is 1. The minimum absolute atomic E-state index is 0.117. The molecule has 0 fully saturated rings. The molecule has 2 rings (SSSR count). The third-order valence-corrected chi connectivity index (χ3v) is 3.84. The lowest BCUT2D eigenvalue weighted by atomic mass is 10.0. The summed E-state index contributed by atoms with van der Waals surface area (Å²) >= 11 is 5.81. The number of ether oxygens (including phenoxy) is 1. The number of alkyl halides is 3. The van der Waals surface area contributed by atoms with Crippen molar-refractivity contribution in [2.45, 2.75) is 12.6 Å². The second kappa shape index (κ2) is 8.81. The molecule has 0 radical (unpaired) electrons. The summed E-state index contributed by atoms with van der Waals surface area (Å²) in [6.45, 7) is -0.503. The molecule has 29 heavy (non-hydrogen) atoms. The van der Waals surface area contributed by atoms with Gasteiger partial charge in [0.1, 0.15) is 23.7 Å². The molecule has 0 saturated carbocycles. The van der Waals surface area contributed by atoms with Gasteiger partial charge in [-0.3, -0.25) is 10.1 Å². The number of nitro groups is 1. The van der Waals surface area contributed by atoms with Crippen molar-refractivity contribution in [3.63, 3.8) is 0 Å². The molecule has 0 heterocycles. The van der Waals surface area contributed by atoms with Gasteiger partial charge in [-0.25, -0.2) is 4.79 Å². The van der Waals surface area contributed by atoms with Crippen molar-refractivity contribution in [1.29, 1.82) is 0 Å². The smallest absolute Gasteiger partial charge is 0.416 e. The number of rotatable bonds is 5. The Kier molecular flexibility index (Phi) is 6.68. The van der Waals surface area contributed by atoms with E-state index in [1.54, 1.807) is 0 Å². The molecule has 152 valence electrons. The third-order valence-electron chi connectivity index (χ3n) is 3.55. The predicted molar refractivity (Wildman–Crippen MR) is 95.1 cm³/mol. The highest BCUT2D eigenvalue weighted by atomic mass is 35.5. The molecule has 2 aromatic rings. The van der Waals surface area contributed by atoms with Crippen LogP contribution in [-0.4, -0.2) is 27.7 Å². The zero-order chi connectivity index (χ0) is 21.8. The van der Waals surface area contributed by atoms with Gasteiger partial charge in [-0.2, -0.15) is 13.2 Å². The Labute approximate surface area is 166 Å². The second-order valence-corrected chi connectivity index (χ2v) is 5.88. The maximum absolute atomic E-state index is 12.7. The van der Waals surface area contributed by atoms with Gasteiger partial charge in [-0.1, -0.05) is 23.4 Å². The number of nitro benzene ring substituents is 1. The highest BCUT2D eigenvalue weighted by Crippen LogP contribution is 2.38. The van der Waals surface area contributed by atoms with Gasteiger partial charge < -0.3 is 14.9 Å². The molecule has 2 aromatic carbocycles. The lowest BCUT2D eigenvalue weighted by Gasteiger charge is -2.12. The van der Waals surface area contributed by atoms with Crippen molar-refractivity contribution in [2.24, 2.45) is 0 Å². The molecule has 0 aliphatic heterocycles. The van der Waals surface area contributed by atoms with Crippen LogP contribution in [0.2, 0.25) is 5.02 Å². The topological polar surface area (TPSA) is 110 Å². The van der Waals surface area contributed by atoms with Gasteiger partial charge in [0.05, 0.1) is 15.5 Å². The van der Waals surface area contributed by atoms with Crippen molar-refractivity contribution < 1.29 is 37.8 Å². The minimum Gasteiger partial charge on any atom is -0.477 e. The monoisotopic (exact) mass is 429 g/mol. The van der Waals surface area contributed by atoms with Crippen LogP contribution in [0.5, 0.6) is 11.5 Å². The molecule has 0 aliphatic rings. The maximum atomic E-state index is 12.7. The maximum Gasteiger partial charge on any atom is 0.416 e. The first-order chi connectivity index (χ1) is 13.5. The molecule has 0 aliphatic carbocycles. The molecule has 7 nitrogen and oxygen atoms in total. The predicted octanol–water partition coefficient (Wildman–Crippen LogP) is 4.30. The molecule has 2 N–H and O–H groups in total. The van der Waals surface area contributed by atoms with Crippen LogP contribution in [0.25, 0.3) is 0 Å². The molecule has 0 amide bonds. The van der Waals surface area contributed by atoms with Crippen molar-refractivity contribution in [3.05, 3.63) is 62.2 Å². The average Bonchev–Trinajstić information content (AvgIpc) is 2.62. The van der Waals surface area contributed by atoms with E-state index in [2.05, 4.69) is 11.8 Å². The van der Waals surface area contributed by atoms with Gasteiger partial charge in [-0.05, 0) is 24.3 Å². The number of carboxylic acid groups (broad SMARTS) is 1. The van der Waals surface area contributed by atoms with Gasteiger partial charge in [0.25, 0.3) is 5.69 Å². The zero-order valence-corrected chi connectivity index (χ0v) is 15.0. The first kappa shape index (κ1) is 22.0. The van der Waals surface area contributed by atoms with Crippen LogP contribution in [0.15, 0.2) is 30.3 Å². The van der Waals surface area contributed by atoms with E-state index in [1.807, 2.05) is 0 Å². The quantitative estimate of drug-likeness (QED) is 0.416. The number of aromatic carboxylic acids is 1. The molecule has 0 atom stereocenters. The highest BCUT2D eigenvalue weighted by molar-refractivity contribution is 6.32. The van der Waals surface area contributed by atoms with E-state index in [0.29, 0.717) is 6.07 Å². The third kappa shape index (κ3) is 5.37. The first-order valence-corrected chi connectivity index (χ1v) is 8.08. The molecule has 0 bridgehead atoms. The van der Waals surface area contributed by atoms with Gasteiger partial charge in [0.2, 0.25) is 0 Å². The lowest BCUT2D eigenvalue weighted by molar-refractivity contribution is -0.385. The standard InChI is InChI=1S/C18H11ClF3NO6/c19-14-8-11(18(20,21)22)4-5-15(14)29-12-7-10(3-1-2-6-24)16(23(27)28)13(9-12)17(25)26/h4-5,7-9,24H,3,6H2,(H,25,26). The molecule has 0 unspecified atom stereocenters. The van der Waals surface area contributed by atoms with Gasteiger partial charge in [0.15, 0.2) is 0 Å². The Morgan fingerprint density at radius 3 is 2.45 bits per heavy atom. The number of hydrogen-bond donors (Lipinski definition) is 2. The van der Waals surface area contributed by atoms with Crippen LogP contribution < -0.4 is 4.74 Å². The van der Waals surface area contributed by atoms with Crippen molar-refractivity contribution in [1.82, 2.24) is 0 Å². The molecule has 0 aromatic heterocycles. The van der Waals surface area contributed by atoms with E-state index in [-0.39, 0.29) is 23.5 Å². The Balaban J connectivity index is 2.53. The molecule has 0 saturated heterocycles. The lowest BCUT2D eigenvalue weighted by Crippen LogP contribution is -2.07. The number of aliphatic hydroxyl groups is 1. The van der Waals surface area contributed by atoms with E-state index in [9.17, 15) is 33.2 Å². The summed E-state index contributed by atoms with van der Waals surface area (Å²) in [5.41, 5.74) is -2.54. The van der Waals surface area contributed by atoms with Crippen molar-refractivity contribution >= 4 is 23.3 Å². The van der Waals surface area contributed by atoms with Crippen LogP contribution in [0, 0.1) is 22.0 Å². The molecule has 0 spiro atoms. The summed E-state index contributed by atoms with van der Waals surface area (Å²) < 4.78 is 43.6. The molecular weight excluding hydrogens is 419 g/mol. The number of carboxylic acids is 1. The zero-order valence-electron chi connectivity index (χ0n) is 14.3. The summed E-state index contributed by atoms with van der Waals surface area (Å²) in [6, 6.07) is 4.28. The number of nitrogens with zero attached hydrogens (tertiary/aromatic N) is 1. The fourth-order valence-electron chi connectivity index (χ4n) is 2.34. The Morgan fingerprint density at radius 1 is 1.24 bits per heavy atom. The van der Waals surface area contributed by atoms with Crippen LogP contribution >= 0.6 is 11.6 Å². The van der Waals surface area contributed by atoms with Crippen LogP contribution in [-0.2, 0) is 12.6 Å². The number of benzene rings is 2. The average molecular weight is 430 g/mol. The van der Waals surface area contributed by atoms with Crippen LogP contribution in [0.3, 0.4) is 0 Å². The number of hydrogen-bond acceptors (Lipinski definition) is 5. The fraction of sp³-hybridized carbons (Fsp3) is 0.167. The Hall–Kier alpha value is -3.29. The normalized spacial score (nSPS) is 10.8. The van der Waals surface area contributed by atoms with E-state index in [0.717, 1.165) is 24.3 Å². The summed E-state index contributed by atoms with van der Waals surface area (Å²) in [6.07, 6.45) is -4.89. The van der Waals surface area contributed by atoms with Crippen molar-refractivity contribution in [2.75, 3.05) is 6.61 Å². The Bertz CT molecular complexity index is 1030. The number of halogens is 4. The van der Waals surface area contributed by atoms with Gasteiger partial charge in [-0.15, -0.1) is 0 Å². The van der Waals surface area contributed by atoms with Crippen LogP contribution in [0.1, 0.15) is 21.5 Å².